The summed E-state index contributed by atoms with van der Waals surface area (Å²) in [6, 6.07) is 24.4. The first-order chi connectivity index (χ1) is 17.5. The Morgan fingerprint density at radius 2 is 1.53 bits per heavy atom. The average molecular weight is 531 g/mol. The second kappa shape index (κ2) is 9.44. The molecular formula is C30H25Cl2N3S. The molecule has 0 saturated carbocycles. The van der Waals surface area contributed by atoms with Crippen LogP contribution in [0.15, 0.2) is 79.0 Å². The van der Waals surface area contributed by atoms with E-state index in [4.69, 9.17) is 35.4 Å². The quantitative estimate of drug-likeness (QED) is 0.235. The molecule has 6 heteroatoms. The maximum atomic E-state index is 6.26. The van der Waals surface area contributed by atoms with Gasteiger partial charge in [-0.2, -0.15) is 0 Å². The number of aryl methyl sites for hydroxylation is 3. The van der Waals surface area contributed by atoms with Crippen LogP contribution in [-0.4, -0.2) is 14.0 Å². The van der Waals surface area contributed by atoms with Crippen molar-refractivity contribution in [3.8, 4) is 22.4 Å². The van der Waals surface area contributed by atoms with E-state index in [9.17, 15) is 0 Å². The van der Waals surface area contributed by atoms with Gasteiger partial charge in [-0.1, -0.05) is 77.9 Å². The smallest absolute Gasteiger partial charge is 0.128 e. The Labute approximate surface area is 226 Å². The Balaban J connectivity index is 1.62. The van der Waals surface area contributed by atoms with E-state index >= 15 is 0 Å². The molecule has 3 aromatic carbocycles. The van der Waals surface area contributed by atoms with Crippen molar-refractivity contribution in [1.29, 1.82) is 0 Å². The van der Waals surface area contributed by atoms with Gasteiger partial charge in [0, 0.05) is 39.6 Å². The van der Waals surface area contributed by atoms with Gasteiger partial charge in [-0.3, -0.25) is 4.40 Å². The van der Waals surface area contributed by atoms with Gasteiger partial charge >= 0.3 is 0 Å². The normalized spacial score (nSPS) is 13.1. The van der Waals surface area contributed by atoms with Gasteiger partial charge in [0.1, 0.15) is 10.6 Å². The molecule has 3 nitrogen and oxygen atoms in total. The van der Waals surface area contributed by atoms with Crippen LogP contribution in [0.2, 0.25) is 10.0 Å². The lowest BCUT2D eigenvalue weighted by molar-refractivity contribution is 0.647. The van der Waals surface area contributed by atoms with Crippen LogP contribution in [0, 0.1) is 6.92 Å². The first-order valence-corrected chi connectivity index (χ1v) is 13.3. The van der Waals surface area contributed by atoms with Gasteiger partial charge in [-0.05, 0) is 73.2 Å². The number of thiocarbonyl (C=S) groups is 1. The minimum atomic E-state index is 0.705. The Kier molecular flexibility index (Phi) is 6.12. The third-order valence-corrected chi connectivity index (χ3v) is 7.81. The van der Waals surface area contributed by atoms with Gasteiger partial charge in [0.25, 0.3) is 0 Å². The summed E-state index contributed by atoms with van der Waals surface area (Å²) in [4.78, 5) is 0.705. The van der Waals surface area contributed by atoms with Crippen molar-refractivity contribution >= 4 is 51.7 Å². The van der Waals surface area contributed by atoms with Crippen LogP contribution >= 0.6 is 35.4 Å². The summed E-state index contributed by atoms with van der Waals surface area (Å²) in [6.07, 6.45) is 5.48. The average Bonchev–Trinajstić information content (AvgIpc) is 3.29. The van der Waals surface area contributed by atoms with Crippen LogP contribution in [0.4, 0.5) is 5.69 Å². The fourth-order valence-electron chi connectivity index (χ4n) is 5.28. The molecule has 0 atom stereocenters. The van der Waals surface area contributed by atoms with E-state index in [0.717, 1.165) is 63.9 Å². The molecule has 1 N–H and O–H groups in total. The molecule has 0 amide bonds. The van der Waals surface area contributed by atoms with Gasteiger partial charge in [0.05, 0.1) is 11.4 Å². The topological polar surface area (TPSA) is 21.4 Å². The Bertz CT molecular complexity index is 1590. The van der Waals surface area contributed by atoms with Crippen molar-refractivity contribution in [2.45, 2.75) is 32.7 Å². The summed E-state index contributed by atoms with van der Waals surface area (Å²) >= 11 is 18.6. The lowest BCUT2D eigenvalue weighted by atomic mass is 9.98. The Hall–Kier alpha value is -3.05. The number of rotatable bonds is 4. The predicted molar refractivity (Wildman–Crippen MR) is 156 cm³/mol. The number of para-hydroxylation sites is 1. The van der Waals surface area contributed by atoms with Crippen LogP contribution in [0.1, 0.15) is 29.7 Å². The molecule has 0 fully saturated rings. The third kappa shape index (κ3) is 4.03. The lowest BCUT2D eigenvalue weighted by Gasteiger charge is -2.13. The maximum Gasteiger partial charge on any atom is 0.128 e. The molecular weight excluding hydrogens is 505 g/mol. The minimum Gasteiger partial charge on any atom is -0.345 e. The summed E-state index contributed by atoms with van der Waals surface area (Å²) in [5, 5.41) is 5.01. The van der Waals surface area contributed by atoms with E-state index in [0.29, 0.717) is 4.99 Å². The lowest BCUT2D eigenvalue weighted by Crippen LogP contribution is -2.14. The Morgan fingerprint density at radius 3 is 2.22 bits per heavy atom. The van der Waals surface area contributed by atoms with E-state index < -0.39 is 0 Å². The first-order valence-electron chi connectivity index (χ1n) is 12.2. The van der Waals surface area contributed by atoms with Crippen molar-refractivity contribution in [1.82, 2.24) is 8.97 Å². The molecule has 0 saturated heterocycles. The summed E-state index contributed by atoms with van der Waals surface area (Å²) in [5.41, 5.74) is 10.4. The SMILES string of the molecule is Cc1ccccc1NC(=S)c1c(-c2ccc(Cl)cc2)c2c3n(c(-c4ccc(Cl)cc4)cn13)CCCC2. The molecule has 0 bridgehead atoms. The predicted octanol–water partition coefficient (Wildman–Crippen LogP) is 8.81. The number of halogens is 2. The molecule has 0 unspecified atom stereocenters. The highest BCUT2D eigenvalue weighted by molar-refractivity contribution is 7.81. The Morgan fingerprint density at radius 1 is 0.861 bits per heavy atom. The van der Waals surface area contributed by atoms with E-state index in [2.05, 4.69) is 63.8 Å². The van der Waals surface area contributed by atoms with Gasteiger partial charge in [0.15, 0.2) is 0 Å². The molecule has 5 aromatic rings. The number of imidazole rings is 1. The molecule has 3 heterocycles. The molecule has 180 valence electrons. The molecule has 0 aliphatic carbocycles. The largest absolute Gasteiger partial charge is 0.345 e. The number of benzene rings is 3. The number of anilines is 1. The van der Waals surface area contributed by atoms with E-state index in [1.807, 2.05) is 36.4 Å². The van der Waals surface area contributed by atoms with E-state index in [1.165, 1.54) is 22.5 Å². The van der Waals surface area contributed by atoms with Crippen LogP contribution in [-0.2, 0) is 13.0 Å². The molecule has 1 aliphatic rings. The van der Waals surface area contributed by atoms with Crippen LogP contribution < -0.4 is 5.32 Å². The zero-order valence-electron chi connectivity index (χ0n) is 19.9. The number of hydrogen-bond acceptors (Lipinski definition) is 1. The van der Waals surface area contributed by atoms with Gasteiger partial charge in [0.2, 0.25) is 0 Å². The highest BCUT2D eigenvalue weighted by Gasteiger charge is 2.28. The van der Waals surface area contributed by atoms with Crippen molar-refractivity contribution in [2.24, 2.45) is 0 Å². The maximum absolute atomic E-state index is 6.26. The van der Waals surface area contributed by atoms with Crippen LogP contribution in [0.5, 0.6) is 0 Å². The minimum absolute atomic E-state index is 0.705. The van der Waals surface area contributed by atoms with Gasteiger partial charge in [-0.25, -0.2) is 0 Å². The fraction of sp³-hybridized carbons (Fsp3) is 0.167. The summed E-state index contributed by atoms with van der Waals surface area (Å²) in [6.45, 7) is 3.06. The number of hydrogen-bond donors (Lipinski definition) is 1. The highest BCUT2D eigenvalue weighted by atomic mass is 35.5. The molecule has 2 aromatic heterocycles. The third-order valence-electron chi connectivity index (χ3n) is 7.02. The second-order valence-corrected chi connectivity index (χ2v) is 10.6. The van der Waals surface area contributed by atoms with Crippen molar-refractivity contribution < 1.29 is 0 Å². The van der Waals surface area contributed by atoms with Gasteiger partial charge in [-0.15, -0.1) is 0 Å². The van der Waals surface area contributed by atoms with Crippen molar-refractivity contribution in [2.75, 3.05) is 5.32 Å². The molecule has 0 radical (unpaired) electrons. The molecule has 36 heavy (non-hydrogen) atoms. The highest BCUT2D eigenvalue weighted by Crippen LogP contribution is 2.40. The standard InChI is InChI=1S/C30H25Cl2N3S/c1-19-6-2-3-8-25(19)33-29(36)28-27(21-11-15-23(32)16-12-21)24-7-4-5-17-34-26(18-35(28)30(24)34)20-9-13-22(31)14-10-20/h2-3,6,8-16,18H,4-5,7,17H2,1H3,(H,33,36). The summed E-state index contributed by atoms with van der Waals surface area (Å²) in [7, 11) is 0. The number of nitrogens with zero attached hydrogens (tertiary/aromatic N) is 2. The van der Waals surface area contributed by atoms with Crippen molar-refractivity contribution in [3.05, 3.63) is 106 Å². The molecule has 1 aliphatic heterocycles. The zero-order chi connectivity index (χ0) is 24.8. The molecule has 0 spiro atoms. The zero-order valence-corrected chi connectivity index (χ0v) is 22.2. The van der Waals surface area contributed by atoms with Crippen LogP contribution in [0.3, 0.4) is 0 Å². The monoisotopic (exact) mass is 529 g/mol. The van der Waals surface area contributed by atoms with Crippen LogP contribution in [0.25, 0.3) is 28.0 Å². The number of aromatic nitrogens is 2. The number of nitrogens with one attached hydrogen (secondary N) is 1. The fourth-order valence-corrected chi connectivity index (χ4v) is 5.84. The van der Waals surface area contributed by atoms with Gasteiger partial charge < -0.3 is 9.88 Å². The van der Waals surface area contributed by atoms with E-state index in [-0.39, 0.29) is 0 Å². The molecule has 6 rings (SSSR count). The summed E-state index contributed by atoms with van der Waals surface area (Å²) in [5.74, 6) is 0. The summed E-state index contributed by atoms with van der Waals surface area (Å²) < 4.78 is 4.74. The van der Waals surface area contributed by atoms with Crippen molar-refractivity contribution in [3.63, 3.8) is 0 Å². The second-order valence-electron chi connectivity index (χ2n) is 9.30. The first kappa shape index (κ1) is 23.4. The van der Waals surface area contributed by atoms with E-state index in [1.54, 1.807) is 0 Å².